The first-order chi connectivity index (χ1) is 37.4. The van der Waals surface area contributed by atoms with Gasteiger partial charge in [0, 0.05) is 302 Å². The van der Waals surface area contributed by atoms with Crippen LogP contribution in [-0.4, -0.2) is 0 Å². The summed E-state index contributed by atoms with van der Waals surface area (Å²) < 4.78 is 0. The summed E-state index contributed by atoms with van der Waals surface area (Å²) in [6.45, 7) is 3.32. The first-order valence-electron chi connectivity index (χ1n) is 18.6. The van der Waals surface area contributed by atoms with Gasteiger partial charge in [-0.2, -0.15) is 6.92 Å². The van der Waals surface area contributed by atoms with E-state index in [0.717, 1.165) is 0 Å². The molecule has 0 radical (unpaired) electrons. The summed E-state index contributed by atoms with van der Waals surface area (Å²) in [5.74, 6) is 181. The van der Waals surface area contributed by atoms with Crippen molar-refractivity contribution in [2.45, 2.75) is 0 Å². The van der Waals surface area contributed by atoms with Gasteiger partial charge in [-0.15, -0.1) is 11.8 Å². The fourth-order valence-electron chi connectivity index (χ4n) is 2.23. The van der Waals surface area contributed by atoms with E-state index < -0.39 is 0 Å². The summed E-state index contributed by atoms with van der Waals surface area (Å²) in [5, 5.41) is 0. The van der Waals surface area contributed by atoms with Gasteiger partial charge in [-0.25, -0.2) is 11.8 Å². The lowest BCUT2D eigenvalue weighted by molar-refractivity contribution is 2.31. The Morgan fingerprint density at radius 2 is 0.173 bits per heavy atom. The van der Waals surface area contributed by atoms with Crippen LogP contribution in [0.5, 0.6) is 0 Å². The molecule has 0 aliphatic heterocycles. The molecule has 0 aliphatic rings. The molecule has 0 spiro atoms. The molecule has 0 heterocycles. The summed E-state index contributed by atoms with van der Waals surface area (Å²) in [6, 6.07) is 0. The quantitative estimate of drug-likeness (QED) is 0.247. The average molecular weight is 903 g/mol. The van der Waals surface area contributed by atoms with Gasteiger partial charge in [0.2, 0.25) is 0 Å². The van der Waals surface area contributed by atoms with Crippen molar-refractivity contribution >= 4 is 0 Å². The third kappa shape index (κ3) is 57.6. The Balaban J connectivity index is 4.61. The first kappa shape index (κ1) is 58.6. The summed E-state index contributed by atoms with van der Waals surface area (Å²) in [4.78, 5) is 0. The highest BCUT2D eigenvalue weighted by molar-refractivity contribution is 5.53. The van der Waals surface area contributed by atoms with Crippen molar-refractivity contribution in [1.82, 2.24) is 0 Å². The second kappa shape index (κ2) is 57.6. The monoisotopic (exact) mass is 902 g/mol. The van der Waals surface area contributed by atoms with E-state index in [0.29, 0.717) is 0 Å². The summed E-state index contributed by atoms with van der Waals surface area (Å²) >= 11 is 0. The molecule has 0 fully saturated rings. The maximum absolute atomic E-state index is 6.58. The van der Waals surface area contributed by atoms with Crippen LogP contribution in [0.4, 0.5) is 0 Å². The maximum atomic E-state index is 6.58. The van der Waals surface area contributed by atoms with Crippen LogP contribution < -0.4 is 0 Å². The van der Waals surface area contributed by atoms with Crippen molar-refractivity contribution in [3.8, 4) is 432 Å². The summed E-state index contributed by atoms with van der Waals surface area (Å²) in [7, 11) is 0. The molecule has 0 aromatic carbocycles. The first-order valence-corrected chi connectivity index (χ1v) is 18.6. The molecular weight excluding hydrogens is 901 g/mol. The second-order valence-electron chi connectivity index (χ2n) is 9.18. The van der Waals surface area contributed by atoms with Crippen molar-refractivity contribution in [2.75, 3.05) is 0 Å². The van der Waals surface area contributed by atoms with E-state index in [1.54, 1.807) is 0 Å². The lowest BCUT2D eigenvalue weighted by atomic mass is 10.4. The fraction of sp³-hybridized carbons (Fsp3) is 0. The third-order valence-corrected chi connectivity index (χ3v) is 4.53. The topological polar surface area (TPSA) is 0 Å². The molecular formula is C75H2-2. The predicted molar refractivity (Wildman–Crippen MR) is 292 cm³/mol. The van der Waals surface area contributed by atoms with Gasteiger partial charge in [0.1, 0.15) is 0 Å². The van der Waals surface area contributed by atoms with Crippen LogP contribution in [0.3, 0.4) is 0 Å². The zero-order chi connectivity index (χ0) is 53.6. The minimum absolute atomic E-state index is 1.87. The molecule has 0 saturated carbocycles. The number of rotatable bonds is 0. The average Bonchev–Trinajstić information content (AvgIpc) is 3.42. The molecule has 0 bridgehead atoms. The second-order valence-corrected chi connectivity index (χ2v) is 9.18. The molecule has 0 unspecified atom stereocenters. The van der Waals surface area contributed by atoms with Crippen LogP contribution in [-0.2, 0) is 0 Å². The minimum Gasteiger partial charge on any atom is -0.358 e. The maximum Gasteiger partial charge on any atom is 0 e. The van der Waals surface area contributed by atoms with Crippen LogP contribution in [0.25, 0.3) is 0 Å². The number of hydrogen-bond donors (Lipinski definition) is 0. The Morgan fingerprint density at radius 1 is 0.107 bits per heavy atom. The summed E-state index contributed by atoms with van der Waals surface area (Å²) in [6.07, 6.45) is 6.58. The van der Waals surface area contributed by atoms with E-state index in [4.69, 9.17) is 6.42 Å². The molecule has 0 rings (SSSR count). The highest BCUT2D eigenvalue weighted by Crippen LogP contribution is 1.65. The van der Waals surface area contributed by atoms with Crippen molar-refractivity contribution in [3.05, 3.63) is 13.3 Å². The molecule has 75 heavy (non-hydrogen) atoms. The zero-order valence-electron chi connectivity index (χ0n) is 37.7. The van der Waals surface area contributed by atoms with Crippen molar-refractivity contribution in [1.29, 1.82) is 0 Å². The van der Waals surface area contributed by atoms with Gasteiger partial charge in [-0.05, 0) is 94.7 Å². The zero-order valence-corrected chi connectivity index (χ0v) is 37.7. The van der Waals surface area contributed by atoms with Crippen LogP contribution in [0.15, 0.2) is 0 Å². The Kier molecular flexibility index (Phi) is 45.0. The van der Waals surface area contributed by atoms with Crippen LogP contribution in [0.2, 0.25) is 0 Å². The Labute approximate surface area is 443 Å². The lowest BCUT2D eigenvalue weighted by Crippen LogP contribution is -1.57. The standard InChI is InChI=1S/C75H2/c1-3-5-7-9-11-13-15-17-19-21-23-25-27-29-31-33-35-37-39-41-43-45-47-49-51-53-55-57-59-61-63-65-67-69-71-73-75-74-72-70-68-66-64-62-60-58-56-54-52-50-48-46-44-42-40-38-36-34-32-30-28-26-24-22-20-18-16-14-12-10-8-6-4-2/h1H2/q-2. The molecule has 0 amide bonds. The van der Waals surface area contributed by atoms with Gasteiger partial charge in [-0.3, -0.25) is 11.8 Å². The summed E-state index contributed by atoms with van der Waals surface area (Å²) in [5.41, 5.74) is 0. The van der Waals surface area contributed by atoms with Gasteiger partial charge < -0.3 is 6.42 Å². The molecule has 0 N–H and O–H groups in total. The molecule has 0 aliphatic carbocycles. The number of hydrogen-bond acceptors (Lipinski definition) is 0. The highest BCUT2D eigenvalue weighted by Gasteiger charge is 1.64. The molecule has 0 aromatic rings. The van der Waals surface area contributed by atoms with Gasteiger partial charge in [0.25, 0.3) is 0 Å². The van der Waals surface area contributed by atoms with E-state index in [-0.39, 0.29) is 0 Å². The smallest absolute Gasteiger partial charge is 0 e. The molecule has 0 aromatic heterocycles. The van der Waals surface area contributed by atoms with Crippen LogP contribution >= 0.6 is 0 Å². The third-order valence-electron chi connectivity index (χ3n) is 4.53. The molecule has 0 heteroatoms. The SMILES string of the molecule is [C-]#CC#CC#CC#CC#CC#CC#CC#CC#CC#CC#CC#CC#CC#CC#CC#CC#CC#CC#CC#CC#CC#CC#CC#CC#CC#CC#CC#CC#CC#CC#CC#CC#CC#CC#CC#CC#C[CH2-]. The van der Waals surface area contributed by atoms with Gasteiger partial charge in [0.15, 0.2) is 0 Å². The van der Waals surface area contributed by atoms with Gasteiger partial charge in [0.05, 0.1) is 0 Å². The highest BCUT2D eigenvalue weighted by atomic mass is 13.7. The molecule has 0 nitrogen and oxygen atoms in total. The van der Waals surface area contributed by atoms with E-state index in [1.807, 2.05) is 5.92 Å². The minimum atomic E-state index is 1.87. The van der Waals surface area contributed by atoms with E-state index in [2.05, 4.69) is 433 Å². The van der Waals surface area contributed by atoms with Crippen molar-refractivity contribution < 1.29 is 0 Å². The molecule has 0 saturated heterocycles. The normalized spacial score (nSPS) is 3.93. The van der Waals surface area contributed by atoms with Crippen molar-refractivity contribution in [3.63, 3.8) is 0 Å². The fourth-order valence-corrected chi connectivity index (χ4v) is 2.23. The van der Waals surface area contributed by atoms with Gasteiger partial charge >= 0.3 is 0 Å². The Bertz CT molecular complexity index is 5000. The van der Waals surface area contributed by atoms with Crippen molar-refractivity contribution in [2.24, 2.45) is 0 Å². The largest absolute Gasteiger partial charge is 0.358 e. The lowest BCUT2D eigenvalue weighted by Gasteiger charge is -1.64. The Morgan fingerprint density at radius 3 is 0.240 bits per heavy atom. The van der Waals surface area contributed by atoms with Crippen LogP contribution in [0.1, 0.15) is 0 Å². The molecule has 0 atom stereocenters. The Hall–Kier alpha value is -16.4. The van der Waals surface area contributed by atoms with E-state index in [1.165, 1.54) is 0 Å². The predicted octanol–water partition coefficient (Wildman–Crippen LogP) is 0.533. The van der Waals surface area contributed by atoms with E-state index >= 15 is 0 Å². The molecule has 304 valence electrons. The van der Waals surface area contributed by atoms with Gasteiger partial charge in [-0.1, -0.05) is 0 Å². The van der Waals surface area contributed by atoms with Crippen LogP contribution in [0, 0.1) is 446 Å². The van der Waals surface area contributed by atoms with E-state index in [9.17, 15) is 0 Å².